The molecule has 1 aliphatic rings. The molecule has 0 fully saturated rings. The Balaban J connectivity index is 2.38. The van der Waals surface area contributed by atoms with E-state index in [9.17, 15) is 4.79 Å². The predicted octanol–water partition coefficient (Wildman–Crippen LogP) is 0.620. The second-order valence-corrected chi connectivity index (χ2v) is 3.36. The van der Waals surface area contributed by atoms with Crippen LogP contribution < -0.4 is 5.32 Å². The third-order valence-corrected chi connectivity index (χ3v) is 2.52. The molecular weight excluding hydrogens is 178 g/mol. The molecule has 0 saturated heterocycles. The van der Waals surface area contributed by atoms with E-state index in [0.29, 0.717) is 12.2 Å². The van der Waals surface area contributed by atoms with Gasteiger partial charge in [0.15, 0.2) is 5.69 Å². The predicted molar refractivity (Wildman–Crippen MR) is 51.2 cm³/mol. The number of fused-ring (bicyclic) bond motifs is 3. The average molecular weight is 187 g/mol. The van der Waals surface area contributed by atoms with E-state index < -0.39 is 0 Å². The van der Waals surface area contributed by atoms with Crippen LogP contribution in [0.15, 0.2) is 24.4 Å². The highest BCUT2D eigenvalue weighted by Crippen LogP contribution is 2.18. The lowest BCUT2D eigenvalue weighted by Gasteiger charge is -2.10. The zero-order chi connectivity index (χ0) is 9.54. The Morgan fingerprint density at radius 3 is 3.29 bits per heavy atom. The molecule has 0 atom stereocenters. The van der Waals surface area contributed by atoms with Crippen LogP contribution in [-0.2, 0) is 6.42 Å². The van der Waals surface area contributed by atoms with Crippen LogP contribution in [-0.4, -0.2) is 22.1 Å². The van der Waals surface area contributed by atoms with Crippen molar-refractivity contribution in [3.8, 4) is 0 Å². The number of pyridine rings is 1. The average Bonchev–Trinajstić information content (AvgIpc) is 2.59. The Hall–Kier alpha value is -1.84. The monoisotopic (exact) mass is 187 g/mol. The number of carbonyl (C=O) groups excluding carboxylic acids is 1. The fraction of sp³-hybridized carbons (Fsp3) is 0.200. The fourth-order valence-electron chi connectivity index (χ4n) is 1.86. The Morgan fingerprint density at radius 1 is 1.43 bits per heavy atom. The molecule has 1 N–H and O–H groups in total. The quantitative estimate of drug-likeness (QED) is 0.657. The maximum absolute atomic E-state index is 11.5. The summed E-state index contributed by atoms with van der Waals surface area (Å²) in [5.41, 5.74) is 2.68. The van der Waals surface area contributed by atoms with E-state index in [2.05, 4.69) is 10.4 Å². The minimum Gasteiger partial charge on any atom is -0.350 e. The summed E-state index contributed by atoms with van der Waals surface area (Å²) < 4.78 is 1.76. The van der Waals surface area contributed by atoms with Crippen molar-refractivity contribution >= 4 is 11.4 Å². The lowest BCUT2D eigenvalue weighted by molar-refractivity contribution is 0.0941. The van der Waals surface area contributed by atoms with Crippen LogP contribution in [0.3, 0.4) is 0 Å². The van der Waals surface area contributed by atoms with Gasteiger partial charge in [0.25, 0.3) is 5.91 Å². The topological polar surface area (TPSA) is 46.4 Å². The molecule has 0 aromatic carbocycles. The van der Waals surface area contributed by atoms with E-state index in [1.165, 1.54) is 0 Å². The molecule has 14 heavy (non-hydrogen) atoms. The molecule has 2 aromatic heterocycles. The molecule has 1 amide bonds. The summed E-state index contributed by atoms with van der Waals surface area (Å²) in [6, 6.07) is 5.86. The number of rotatable bonds is 0. The maximum atomic E-state index is 11.5. The summed E-state index contributed by atoms with van der Waals surface area (Å²) in [4.78, 5) is 11.5. The molecule has 0 bridgehead atoms. The first-order valence-electron chi connectivity index (χ1n) is 4.61. The third-order valence-electron chi connectivity index (χ3n) is 2.52. The zero-order valence-corrected chi connectivity index (χ0v) is 7.53. The number of hydrogen-bond donors (Lipinski definition) is 1. The first-order valence-corrected chi connectivity index (χ1v) is 4.61. The molecule has 3 rings (SSSR count). The van der Waals surface area contributed by atoms with Gasteiger partial charge in [-0.05, 0) is 18.6 Å². The van der Waals surface area contributed by atoms with Gasteiger partial charge in [0.05, 0.1) is 5.52 Å². The first kappa shape index (κ1) is 7.55. The van der Waals surface area contributed by atoms with Gasteiger partial charge in [0.1, 0.15) is 0 Å². The van der Waals surface area contributed by atoms with Crippen LogP contribution in [0.25, 0.3) is 5.52 Å². The summed E-state index contributed by atoms with van der Waals surface area (Å²) in [6.45, 7) is 0.710. The highest BCUT2D eigenvalue weighted by Gasteiger charge is 2.22. The van der Waals surface area contributed by atoms with Gasteiger partial charge in [-0.2, -0.15) is 5.10 Å². The molecule has 0 aliphatic carbocycles. The number of aromatic nitrogens is 2. The number of nitrogens with zero attached hydrogens (tertiary/aromatic N) is 2. The van der Waals surface area contributed by atoms with Crippen LogP contribution in [0.1, 0.15) is 16.1 Å². The zero-order valence-electron chi connectivity index (χ0n) is 7.53. The smallest absolute Gasteiger partial charge is 0.272 e. The Morgan fingerprint density at radius 2 is 2.36 bits per heavy atom. The van der Waals surface area contributed by atoms with Crippen molar-refractivity contribution in [2.24, 2.45) is 0 Å². The lowest BCUT2D eigenvalue weighted by atomic mass is 10.1. The van der Waals surface area contributed by atoms with E-state index in [-0.39, 0.29) is 5.91 Å². The summed E-state index contributed by atoms with van der Waals surface area (Å²) in [5.74, 6) is -0.0602. The second kappa shape index (κ2) is 2.57. The van der Waals surface area contributed by atoms with Gasteiger partial charge in [-0.25, -0.2) is 4.52 Å². The Labute approximate surface area is 80.5 Å². The van der Waals surface area contributed by atoms with Gasteiger partial charge in [0.2, 0.25) is 0 Å². The van der Waals surface area contributed by atoms with Crippen molar-refractivity contribution in [2.45, 2.75) is 6.42 Å². The summed E-state index contributed by atoms with van der Waals surface area (Å²) >= 11 is 0. The largest absolute Gasteiger partial charge is 0.350 e. The van der Waals surface area contributed by atoms with Crippen LogP contribution in [0, 0.1) is 0 Å². The minimum atomic E-state index is -0.0602. The van der Waals surface area contributed by atoms with E-state index >= 15 is 0 Å². The summed E-state index contributed by atoms with van der Waals surface area (Å²) in [6.07, 6.45) is 2.73. The van der Waals surface area contributed by atoms with Gasteiger partial charge in [-0.15, -0.1) is 0 Å². The third kappa shape index (κ3) is 0.878. The number of amides is 1. The van der Waals surface area contributed by atoms with Gasteiger partial charge in [0, 0.05) is 18.3 Å². The number of hydrogen-bond acceptors (Lipinski definition) is 2. The van der Waals surface area contributed by atoms with Gasteiger partial charge in [-0.3, -0.25) is 4.79 Å². The van der Waals surface area contributed by atoms with Gasteiger partial charge in [-0.1, -0.05) is 6.07 Å². The van der Waals surface area contributed by atoms with Crippen molar-refractivity contribution in [2.75, 3.05) is 6.54 Å². The van der Waals surface area contributed by atoms with E-state index in [4.69, 9.17) is 0 Å². The SMILES string of the molecule is O=C1NCCc2c1nn1ccccc21. The fourth-order valence-corrected chi connectivity index (χ4v) is 1.86. The maximum Gasteiger partial charge on any atom is 0.272 e. The van der Waals surface area contributed by atoms with Gasteiger partial charge >= 0.3 is 0 Å². The van der Waals surface area contributed by atoms with E-state index in [0.717, 1.165) is 17.5 Å². The molecule has 0 spiro atoms. The molecule has 4 heteroatoms. The summed E-state index contributed by atoms with van der Waals surface area (Å²) in [7, 11) is 0. The Bertz CT molecular complexity index is 515. The van der Waals surface area contributed by atoms with Crippen molar-refractivity contribution < 1.29 is 4.79 Å². The summed E-state index contributed by atoms with van der Waals surface area (Å²) in [5, 5.41) is 7.02. The molecule has 0 radical (unpaired) electrons. The van der Waals surface area contributed by atoms with Crippen molar-refractivity contribution in [1.29, 1.82) is 0 Å². The van der Waals surface area contributed by atoms with Gasteiger partial charge < -0.3 is 5.32 Å². The molecule has 3 heterocycles. The molecule has 4 nitrogen and oxygen atoms in total. The molecule has 0 saturated carbocycles. The van der Waals surface area contributed by atoms with Crippen LogP contribution in [0.5, 0.6) is 0 Å². The first-order chi connectivity index (χ1) is 6.86. The normalized spacial score (nSPS) is 15.3. The number of carbonyl (C=O) groups is 1. The molecule has 0 unspecified atom stereocenters. The highest BCUT2D eigenvalue weighted by molar-refractivity contribution is 5.96. The molecule has 70 valence electrons. The molecule has 1 aliphatic heterocycles. The van der Waals surface area contributed by atoms with E-state index in [1.54, 1.807) is 4.52 Å². The lowest BCUT2D eigenvalue weighted by Crippen LogP contribution is -2.31. The van der Waals surface area contributed by atoms with E-state index in [1.807, 2.05) is 24.4 Å². The second-order valence-electron chi connectivity index (χ2n) is 3.36. The van der Waals surface area contributed by atoms with Crippen molar-refractivity contribution in [3.05, 3.63) is 35.7 Å². The van der Waals surface area contributed by atoms with Crippen LogP contribution in [0.2, 0.25) is 0 Å². The van der Waals surface area contributed by atoms with Crippen LogP contribution >= 0.6 is 0 Å². The van der Waals surface area contributed by atoms with Crippen LogP contribution in [0.4, 0.5) is 0 Å². The Kier molecular flexibility index (Phi) is 1.39. The van der Waals surface area contributed by atoms with Crippen molar-refractivity contribution in [1.82, 2.24) is 14.9 Å². The molecular formula is C10H9N3O. The number of nitrogens with one attached hydrogen (secondary N) is 1. The molecule has 2 aromatic rings. The standard InChI is InChI=1S/C10H9N3O/c14-10-9-7(4-5-11-10)8-3-1-2-6-13(8)12-9/h1-3,6H,4-5H2,(H,11,14). The van der Waals surface area contributed by atoms with Crippen molar-refractivity contribution in [3.63, 3.8) is 0 Å². The minimum absolute atomic E-state index is 0.0602. The highest BCUT2D eigenvalue weighted by atomic mass is 16.2.